The van der Waals surface area contributed by atoms with Gasteiger partial charge < -0.3 is 9.32 Å². The number of aryl methyl sites for hydroxylation is 1. The summed E-state index contributed by atoms with van der Waals surface area (Å²) >= 11 is 1.49. The van der Waals surface area contributed by atoms with Gasteiger partial charge in [0.1, 0.15) is 16.4 Å². The first-order chi connectivity index (χ1) is 14.7. The summed E-state index contributed by atoms with van der Waals surface area (Å²) in [4.78, 5) is 28.4. The predicted molar refractivity (Wildman–Crippen MR) is 118 cm³/mol. The Morgan fingerprint density at radius 3 is 2.57 bits per heavy atom. The Kier molecular flexibility index (Phi) is 5.12. The topological polar surface area (TPSA) is 72.1 Å². The molecule has 1 fully saturated rings. The molecule has 5 rings (SSSR count). The number of hydrogen-bond donors (Lipinski definition) is 0. The molecule has 0 aliphatic carbocycles. The molecule has 7 heteroatoms. The molecule has 4 aromatic rings. The van der Waals surface area contributed by atoms with Crippen LogP contribution in [0.15, 0.2) is 58.0 Å². The van der Waals surface area contributed by atoms with Crippen molar-refractivity contribution in [2.24, 2.45) is 0 Å². The molecule has 2 aromatic carbocycles. The van der Waals surface area contributed by atoms with Gasteiger partial charge >= 0.3 is 0 Å². The first kappa shape index (κ1) is 19.1. The number of hydrogen-bond acceptors (Lipinski definition) is 6. The number of rotatable bonds is 4. The van der Waals surface area contributed by atoms with Crippen LogP contribution in [0.2, 0.25) is 0 Å². The van der Waals surface area contributed by atoms with Crippen molar-refractivity contribution in [1.82, 2.24) is 19.9 Å². The molecule has 0 radical (unpaired) electrons. The monoisotopic (exact) mass is 418 g/mol. The number of carbonyl (C=O) groups is 1. The number of thioether (sulfide) groups is 1. The second kappa shape index (κ2) is 8.07. The Bertz CT molecular complexity index is 1180. The molecule has 2 aromatic heterocycles. The van der Waals surface area contributed by atoms with Crippen molar-refractivity contribution in [2.45, 2.75) is 30.7 Å². The van der Waals surface area contributed by atoms with E-state index in [9.17, 15) is 4.79 Å². The quantitative estimate of drug-likeness (QED) is 0.357. The zero-order chi connectivity index (χ0) is 20.5. The molecular weight excluding hydrogens is 396 g/mol. The number of piperidine rings is 1. The van der Waals surface area contributed by atoms with Crippen LogP contribution >= 0.6 is 11.8 Å². The molecule has 0 unspecified atom stereocenters. The number of aromatic nitrogens is 3. The molecule has 6 nitrogen and oxygen atoms in total. The van der Waals surface area contributed by atoms with Crippen molar-refractivity contribution in [2.75, 3.05) is 18.8 Å². The van der Waals surface area contributed by atoms with Crippen LogP contribution in [0.1, 0.15) is 30.5 Å². The highest BCUT2D eigenvalue weighted by molar-refractivity contribution is 8.00. The Hall–Kier alpha value is -2.93. The smallest absolute Gasteiger partial charge is 0.232 e. The maximum absolute atomic E-state index is 12.8. The third kappa shape index (κ3) is 3.77. The summed E-state index contributed by atoms with van der Waals surface area (Å²) in [6.07, 6.45) is 1.75. The Morgan fingerprint density at radius 1 is 1.03 bits per heavy atom. The summed E-state index contributed by atoms with van der Waals surface area (Å²) in [6.45, 7) is 3.34. The van der Waals surface area contributed by atoms with E-state index in [-0.39, 0.29) is 11.8 Å². The van der Waals surface area contributed by atoms with E-state index in [0.29, 0.717) is 5.75 Å². The normalized spacial score (nSPS) is 15.2. The summed E-state index contributed by atoms with van der Waals surface area (Å²) < 4.78 is 5.93. The van der Waals surface area contributed by atoms with E-state index in [0.717, 1.165) is 64.7 Å². The zero-order valence-electron chi connectivity index (χ0n) is 16.7. The maximum atomic E-state index is 12.8. The third-order valence-electron chi connectivity index (χ3n) is 5.52. The molecule has 0 spiro atoms. The Morgan fingerprint density at radius 2 is 1.77 bits per heavy atom. The lowest BCUT2D eigenvalue weighted by molar-refractivity contribution is -0.129. The van der Waals surface area contributed by atoms with Crippen molar-refractivity contribution in [3.63, 3.8) is 0 Å². The van der Waals surface area contributed by atoms with Gasteiger partial charge in [0, 0.05) is 24.4 Å². The van der Waals surface area contributed by atoms with Gasteiger partial charge in [-0.1, -0.05) is 42.1 Å². The van der Waals surface area contributed by atoms with Crippen LogP contribution in [-0.4, -0.2) is 44.6 Å². The van der Waals surface area contributed by atoms with Crippen molar-refractivity contribution < 1.29 is 9.21 Å². The van der Waals surface area contributed by atoms with Crippen LogP contribution in [0.5, 0.6) is 0 Å². The summed E-state index contributed by atoms with van der Waals surface area (Å²) in [5.41, 5.74) is 2.64. The Balaban J connectivity index is 1.21. The van der Waals surface area contributed by atoms with E-state index in [4.69, 9.17) is 4.42 Å². The van der Waals surface area contributed by atoms with Crippen LogP contribution < -0.4 is 0 Å². The molecule has 0 bridgehead atoms. The lowest BCUT2D eigenvalue weighted by Crippen LogP contribution is -2.39. The summed E-state index contributed by atoms with van der Waals surface area (Å²) in [7, 11) is 0. The number of likely N-dealkylation sites (tertiary alicyclic amines) is 1. The average molecular weight is 419 g/mol. The molecule has 0 atom stereocenters. The van der Waals surface area contributed by atoms with Gasteiger partial charge in [0.15, 0.2) is 11.5 Å². The summed E-state index contributed by atoms with van der Waals surface area (Å²) in [5, 5.41) is 1.86. The second-order valence-electron chi connectivity index (χ2n) is 7.56. The molecular formula is C23H22N4O2S. The number of para-hydroxylation sites is 3. The predicted octanol–water partition coefficient (Wildman–Crippen LogP) is 4.58. The van der Waals surface area contributed by atoms with Gasteiger partial charge in [-0.05, 0) is 38.0 Å². The lowest BCUT2D eigenvalue weighted by atomic mass is 9.97. The van der Waals surface area contributed by atoms with Gasteiger partial charge in [-0.3, -0.25) is 4.79 Å². The third-order valence-corrected chi connectivity index (χ3v) is 6.50. The highest BCUT2D eigenvalue weighted by atomic mass is 32.2. The molecule has 1 saturated heterocycles. The summed E-state index contributed by atoms with van der Waals surface area (Å²) in [5.74, 6) is 2.32. The molecule has 1 aliphatic heterocycles. The highest BCUT2D eigenvalue weighted by Gasteiger charge is 2.27. The fourth-order valence-corrected chi connectivity index (χ4v) is 4.90. The van der Waals surface area contributed by atoms with Gasteiger partial charge in [0.05, 0.1) is 11.3 Å². The van der Waals surface area contributed by atoms with E-state index < -0.39 is 0 Å². The van der Waals surface area contributed by atoms with Gasteiger partial charge in [-0.2, -0.15) is 0 Å². The first-order valence-corrected chi connectivity index (χ1v) is 11.2. The minimum Gasteiger partial charge on any atom is -0.440 e. The highest BCUT2D eigenvalue weighted by Crippen LogP contribution is 2.31. The van der Waals surface area contributed by atoms with E-state index in [1.165, 1.54) is 11.8 Å². The maximum Gasteiger partial charge on any atom is 0.232 e. The minimum atomic E-state index is 0.149. The number of carbonyl (C=O) groups excluding carboxylic acids is 1. The standard InChI is InChI=1S/C23H22N4O2S/c1-15-24-18-7-3-2-6-17(18)23(25-15)30-14-21(28)27-12-10-16(11-13-27)22-26-19-8-4-5-9-20(19)29-22/h2-9,16H,10-14H2,1H3. The molecule has 3 heterocycles. The number of amides is 1. The molecule has 0 N–H and O–H groups in total. The SMILES string of the molecule is Cc1nc(SCC(=O)N2CCC(c3nc4ccccc4o3)CC2)c2ccccc2n1. The van der Waals surface area contributed by atoms with Crippen LogP contribution in [0.4, 0.5) is 0 Å². The fraction of sp³-hybridized carbons (Fsp3) is 0.304. The fourth-order valence-electron chi connectivity index (χ4n) is 3.93. The Labute approximate surface area is 178 Å². The molecule has 1 aliphatic rings. The number of fused-ring (bicyclic) bond motifs is 2. The molecule has 1 amide bonds. The molecule has 30 heavy (non-hydrogen) atoms. The van der Waals surface area contributed by atoms with E-state index in [1.807, 2.05) is 60.4 Å². The van der Waals surface area contributed by atoms with Gasteiger partial charge in [-0.15, -0.1) is 0 Å². The summed E-state index contributed by atoms with van der Waals surface area (Å²) in [6, 6.07) is 15.8. The van der Waals surface area contributed by atoms with Crippen LogP contribution in [0.3, 0.4) is 0 Å². The molecule has 152 valence electrons. The van der Waals surface area contributed by atoms with Crippen LogP contribution in [-0.2, 0) is 4.79 Å². The lowest BCUT2D eigenvalue weighted by Gasteiger charge is -2.30. The number of oxazole rings is 1. The largest absolute Gasteiger partial charge is 0.440 e. The van der Waals surface area contributed by atoms with Crippen LogP contribution in [0, 0.1) is 6.92 Å². The zero-order valence-corrected chi connectivity index (χ0v) is 17.6. The van der Waals surface area contributed by atoms with Crippen molar-refractivity contribution >= 4 is 39.7 Å². The van der Waals surface area contributed by atoms with Crippen molar-refractivity contribution in [3.8, 4) is 0 Å². The van der Waals surface area contributed by atoms with Crippen molar-refractivity contribution in [1.29, 1.82) is 0 Å². The van der Waals surface area contributed by atoms with Crippen molar-refractivity contribution in [3.05, 3.63) is 60.2 Å². The van der Waals surface area contributed by atoms with Crippen LogP contribution in [0.25, 0.3) is 22.0 Å². The second-order valence-corrected chi connectivity index (χ2v) is 8.52. The van der Waals surface area contributed by atoms with Gasteiger partial charge in [0.25, 0.3) is 0 Å². The molecule has 0 saturated carbocycles. The van der Waals surface area contributed by atoms with Gasteiger partial charge in [-0.25, -0.2) is 15.0 Å². The van der Waals surface area contributed by atoms with E-state index in [1.54, 1.807) is 0 Å². The minimum absolute atomic E-state index is 0.149. The van der Waals surface area contributed by atoms with Gasteiger partial charge in [0.2, 0.25) is 5.91 Å². The average Bonchev–Trinajstić information content (AvgIpc) is 3.21. The number of nitrogens with zero attached hydrogens (tertiary/aromatic N) is 4. The first-order valence-electron chi connectivity index (χ1n) is 10.2. The number of benzene rings is 2. The van der Waals surface area contributed by atoms with E-state index >= 15 is 0 Å². The van der Waals surface area contributed by atoms with E-state index in [2.05, 4.69) is 15.0 Å².